The van der Waals surface area contributed by atoms with Gasteiger partial charge in [-0.3, -0.25) is 4.79 Å². The van der Waals surface area contributed by atoms with Gasteiger partial charge in [0.05, 0.1) is 11.6 Å². The number of esters is 1. The van der Waals surface area contributed by atoms with E-state index in [0.717, 1.165) is 5.56 Å². The van der Waals surface area contributed by atoms with Crippen molar-refractivity contribution in [3.63, 3.8) is 0 Å². The van der Waals surface area contributed by atoms with E-state index in [-0.39, 0.29) is 24.2 Å². The monoisotopic (exact) mass is 354 g/mol. The zero-order valence-electron chi connectivity index (χ0n) is 14.3. The van der Waals surface area contributed by atoms with Crippen LogP contribution in [0.4, 0.5) is 5.82 Å². The van der Waals surface area contributed by atoms with Crippen molar-refractivity contribution in [3.8, 4) is 0 Å². The standard InChI is InChI=1S/C18H18N4O4/c1-11-14(18(24)25)8-22-16(11)17(19-10-20-22)21-15(9-26-12(2)23)13-6-4-3-5-7-13/h3-8,10,15H,9H2,1-2H3,(H,24,25)(H,19,20,21). The Hall–Kier alpha value is -3.42. The van der Waals surface area contributed by atoms with E-state index in [1.807, 2.05) is 30.3 Å². The predicted octanol–water partition coefficient (Wildman–Crippen LogP) is 2.45. The number of carboxylic acid groups (broad SMARTS) is 1. The third-order valence-electron chi connectivity index (χ3n) is 4.02. The third kappa shape index (κ3) is 3.49. The summed E-state index contributed by atoms with van der Waals surface area (Å²) in [5, 5.41) is 16.6. The minimum atomic E-state index is -1.03. The zero-order chi connectivity index (χ0) is 18.7. The Bertz CT molecular complexity index is 952. The molecule has 0 aliphatic heterocycles. The molecule has 2 N–H and O–H groups in total. The van der Waals surface area contributed by atoms with Gasteiger partial charge in [-0.25, -0.2) is 14.3 Å². The molecule has 0 bridgehead atoms. The summed E-state index contributed by atoms with van der Waals surface area (Å²) < 4.78 is 6.64. The first kappa shape index (κ1) is 17.4. The number of benzene rings is 1. The van der Waals surface area contributed by atoms with Crippen LogP contribution in [0.25, 0.3) is 5.52 Å². The lowest BCUT2D eigenvalue weighted by molar-refractivity contribution is -0.141. The number of fused-ring (bicyclic) bond motifs is 1. The number of hydrogen-bond donors (Lipinski definition) is 2. The molecular formula is C18H18N4O4. The van der Waals surface area contributed by atoms with Crippen molar-refractivity contribution in [3.05, 3.63) is 59.5 Å². The van der Waals surface area contributed by atoms with Crippen LogP contribution < -0.4 is 5.32 Å². The molecule has 8 heteroatoms. The van der Waals surface area contributed by atoms with Gasteiger partial charge in [-0.2, -0.15) is 5.10 Å². The molecule has 1 aromatic carbocycles. The molecule has 1 unspecified atom stereocenters. The molecule has 2 heterocycles. The second-order valence-corrected chi connectivity index (χ2v) is 5.78. The Labute approximate surface area is 149 Å². The highest BCUT2D eigenvalue weighted by atomic mass is 16.5. The maximum Gasteiger partial charge on any atom is 0.337 e. The van der Waals surface area contributed by atoms with Crippen molar-refractivity contribution in [2.24, 2.45) is 0 Å². The minimum Gasteiger partial charge on any atom is -0.478 e. The Morgan fingerprint density at radius 3 is 2.69 bits per heavy atom. The lowest BCUT2D eigenvalue weighted by Crippen LogP contribution is -2.20. The summed E-state index contributed by atoms with van der Waals surface area (Å²) in [5.74, 6) is -0.947. The van der Waals surface area contributed by atoms with Gasteiger partial charge in [0.2, 0.25) is 0 Å². The highest BCUT2D eigenvalue weighted by Crippen LogP contribution is 2.26. The number of carbonyl (C=O) groups is 2. The van der Waals surface area contributed by atoms with Gasteiger partial charge in [0.1, 0.15) is 18.5 Å². The zero-order valence-corrected chi connectivity index (χ0v) is 14.3. The van der Waals surface area contributed by atoms with E-state index < -0.39 is 5.97 Å². The molecule has 134 valence electrons. The predicted molar refractivity (Wildman–Crippen MR) is 94.1 cm³/mol. The first-order valence-corrected chi connectivity index (χ1v) is 7.98. The van der Waals surface area contributed by atoms with Crippen LogP contribution >= 0.6 is 0 Å². The SMILES string of the molecule is CC(=O)OCC(Nc1ncnn2cc(C(=O)O)c(C)c12)c1ccccc1. The van der Waals surface area contributed by atoms with E-state index in [1.54, 1.807) is 6.92 Å². The molecule has 0 aliphatic rings. The van der Waals surface area contributed by atoms with Crippen LogP contribution in [0.1, 0.15) is 34.5 Å². The Morgan fingerprint density at radius 1 is 1.31 bits per heavy atom. The second kappa shape index (κ2) is 7.22. The fourth-order valence-corrected chi connectivity index (χ4v) is 2.75. The van der Waals surface area contributed by atoms with Crippen LogP contribution in [0.2, 0.25) is 0 Å². The molecule has 1 atom stereocenters. The number of anilines is 1. The molecule has 26 heavy (non-hydrogen) atoms. The van der Waals surface area contributed by atoms with Gasteiger partial charge in [0.15, 0.2) is 5.82 Å². The number of ether oxygens (including phenoxy) is 1. The number of aryl methyl sites for hydroxylation is 1. The van der Waals surface area contributed by atoms with Gasteiger partial charge in [-0.1, -0.05) is 30.3 Å². The van der Waals surface area contributed by atoms with Crippen LogP contribution in [0.5, 0.6) is 0 Å². The van der Waals surface area contributed by atoms with E-state index >= 15 is 0 Å². The lowest BCUT2D eigenvalue weighted by atomic mass is 10.1. The molecular weight excluding hydrogens is 336 g/mol. The summed E-state index contributed by atoms with van der Waals surface area (Å²) in [6.07, 6.45) is 2.79. The molecule has 0 radical (unpaired) electrons. The van der Waals surface area contributed by atoms with Crippen LogP contribution in [0.3, 0.4) is 0 Å². The topological polar surface area (TPSA) is 106 Å². The van der Waals surface area contributed by atoms with Gasteiger partial charge < -0.3 is 15.2 Å². The largest absolute Gasteiger partial charge is 0.478 e. The van der Waals surface area contributed by atoms with Gasteiger partial charge >= 0.3 is 11.9 Å². The fourth-order valence-electron chi connectivity index (χ4n) is 2.75. The molecule has 0 aliphatic carbocycles. The van der Waals surface area contributed by atoms with Crippen molar-refractivity contribution >= 4 is 23.3 Å². The van der Waals surface area contributed by atoms with E-state index in [2.05, 4.69) is 15.4 Å². The molecule has 3 aromatic rings. The van der Waals surface area contributed by atoms with Gasteiger partial charge in [-0.15, -0.1) is 0 Å². The van der Waals surface area contributed by atoms with Crippen LogP contribution in [-0.4, -0.2) is 38.3 Å². The number of aromatic carboxylic acids is 1. The Kier molecular flexibility index (Phi) is 4.83. The second-order valence-electron chi connectivity index (χ2n) is 5.78. The van der Waals surface area contributed by atoms with Crippen LogP contribution in [-0.2, 0) is 9.53 Å². The minimum absolute atomic E-state index is 0.112. The highest BCUT2D eigenvalue weighted by Gasteiger charge is 2.20. The van der Waals surface area contributed by atoms with Crippen molar-refractivity contribution in [1.29, 1.82) is 0 Å². The van der Waals surface area contributed by atoms with Crippen molar-refractivity contribution in [2.45, 2.75) is 19.9 Å². The van der Waals surface area contributed by atoms with Gasteiger partial charge in [-0.05, 0) is 18.1 Å². The molecule has 0 amide bonds. The smallest absolute Gasteiger partial charge is 0.337 e. The maximum absolute atomic E-state index is 11.4. The lowest BCUT2D eigenvalue weighted by Gasteiger charge is -2.20. The van der Waals surface area contributed by atoms with Gasteiger partial charge in [0.25, 0.3) is 0 Å². The quantitative estimate of drug-likeness (QED) is 0.655. The number of hydrogen-bond acceptors (Lipinski definition) is 6. The molecule has 0 spiro atoms. The summed E-state index contributed by atoms with van der Waals surface area (Å²) >= 11 is 0. The van der Waals surface area contributed by atoms with Gasteiger partial charge in [0, 0.05) is 13.1 Å². The Morgan fingerprint density at radius 2 is 2.04 bits per heavy atom. The van der Waals surface area contributed by atoms with E-state index in [4.69, 9.17) is 4.74 Å². The summed E-state index contributed by atoms with van der Waals surface area (Å²) in [6.45, 7) is 3.17. The number of nitrogens with one attached hydrogen (secondary N) is 1. The van der Waals surface area contributed by atoms with Crippen LogP contribution in [0, 0.1) is 6.92 Å². The normalized spacial score (nSPS) is 11.9. The number of rotatable bonds is 6. The first-order chi connectivity index (χ1) is 12.5. The Balaban J connectivity index is 2.01. The first-order valence-electron chi connectivity index (χ1n) is 7.98. The third-order valence-corrected chi connectivity index (χ3v) is 4.02. The fraction of sp³-hybridized carbons (Fsp3) is 0.222. The summed E-state index contributed by atoms with van der Waals surface area (Å²) in [7, 11) is 0. The van der Waals surface area contributed by atoms with Crippen LogP contribution in [0.15, 0.2) is 42.9 Å². The number of nitrogens with zero attached hydrogens (tertiary/aromatic N) is 3. The molecule has 2 aromatic heterocycles. The summed E-state index contributed by atoms with van der Waals surface area (Å²) in [4.78, 5) is 26.9. The highest BCUT2D eigenvalue weighted by molar-refractivity contribution is 5.94. The molecule has 3 rings (SSSR count). The average molecular weight is 354 g/mol. The van der Waals surface area contributed by atoms with Crippen molar-refractivity contribution < 1.29 is 19.4 Å². The molecule has 0 saturated heterocycles. The van der Waals surface area contributed by atoms with E-state index in [0.29, 0.717) is 16.9 Å². The van der Waals surface area contributed by atoms with Crippen molar-refractivity contribution in [1.82, 2.24) is 14.6 Å². The van der Waals surface area contributed by atoms with E-state index in [1.165, 1.54) is 24.0 Å². The molecule has 0 fully saturated rings. The molecule has 0 saturated carbocycles. The van der Waals surface area contributed by atoms with Crippen molar-refractivity contribution in [2.75, 3.05) is 11.9 Å². The average Bonchev–Trinajstić information content (AvgIpc) is 2.97. The number of aromatic nitrogens is 3. The van der Waals surface area contributed by atoms with E-state index in [9.17, 15) is 14.7 Å². The maximum atomic E-state index is 11.4. The summed E-state index contributed by atoms with van der Waals surface area (Å²) in [6, 6.07) is 9.14. The molecule has 8 nitrogen and oxygen atoms in total. The number of carboxylic acids is 1. The summed E-state index contributed by atoms with van der Waals surface area (Å²) in [5.41, 5.74) is 2.19. The number of carbonyl (C=O) groups excluding carboxylic acids is 1.